The van der Waals surface area contributed by atoms with Crippen LogP contribution in [-0.4, -0.2) is 17.7 Å². The van der Waals surface area contributed by atoms with Crippen LogP contribution in [-0.2, 0) is 22.4 Å². The zero-order chi connectivity index (χ0) is 15.5. The van der Waals surface area contributed by atoms with Crippen molar-refractivity contribution < 1.29 is 14.6 Å². The number of carbonyl (C=O) groups excluding carboxylic acids is 1. The highest BCUT2D eigenvalue weighted by Crippen LogP contribution is 2.35. The lowest BCUT2D eigenvalue weighted by atomic mass is 9.89. The van der Waals surface area contributed by atoms with Crippen molar-refractivity contribution in [3.63, 3.8) is 0 Å². The van der Waals surface area contributed by atoms with Crippen molar-refractivity contribution in [1.29, 1.82) is 0 Å². The highest BCUT2D eigenvalue weighted by molar-refractivity contribution is 5.71. The van der Waals surface area contributed by atoms with Crippen LogP contribution in [0.3, 0.4) is 0 Å². The minimum atomic E-state index is -0.149. The molecule has 1 N–H and O–H groups in total. The Morgan fingerprint density at radius 2 is 2.00 bits per heavy atom. The average molecular weight is 296 g/mol. The molecule has 0 unspecified atom stereocenters. The Labute approximate surface area is 130 Å². The molecule has 0 saturated carbocycles. The molecule has 0 heterocycles. The molecule has 1 aliphatic rings. The van der Waals surface area contributed by atoms with Gasteiger partial charge in [-0.15, -0.1) is 0 Å². The van der Waals surface area contributed by atoms with Gasteiger partial charge >= 0.3 is 5.97 Å². The molecule has 0 bridgehead atoms. The molecule has 0 saturated heterocycles. The van der Waals surface area contributed by atoms with Gasteiger partial charge in [-0.2, -0.15) is 0 Å². The van der Waals surface area contributed by atoms with Gasteiger partial charge in [-0.1, -0.05) is 30.3 Å². The summed E-state index contributed by atoms with van der Waals surface area (Å²) >= 11 is 0. The molecule has 1 atom stereocenters. The highest BCUT2D eigenvalue weighted by Gasteiger charge is 2.24. The molecule has 3 rings (SSSR count). The van der Waals surface area contributed by atoms with E-state index < -0.39 is 0 Å². The van der Waals surface area contributed by atoms with Crippen LogP contribution in [0.5, 0.6) is 5.75 Å². The van der Waals surface area contributed by atoms with Crippen LogP contribution in [0, 0.1) is 0 Å². The van der Waals surface area contributed by atoms with Crippen LogP contribution >= 0.6 is 0 Å². The predicted molar refractivity (Wildman–Crippen MR) is 85.0 cm³/mol. The number of phenols is 1. The molecule has 3 heteroatoms. The highest BCUT2D eigenvalue weighted by atomic mass is 16.5. The number of ether oxygens (including phenoxy) is 1. The Bertz CT molecular complexity index is 691. The zero-order valence-electron chi connectivity index (χ0n) is 12.7. The van der Waals surface area contributed by atoms with E-state index in [1.54, 1.807) is 6.07 Å². The molecular formula is C19H20O3. The Hall–Kier alpha value is -2.29. The van der Waals surface area contributed by atoms with Crippen molar-refractivity contribution >= 4 is 5.97 Å². The molecule has 0 aliphatic heterocycles. The summed E-state index contributed by atoms with van der Waals surface area (Å²) in [6, 6.07) is 13.8. The lowest BCUT2D eigenvalue weighted by Gasteiger charge is -2.17. The van der Waals surface area contributed by atoms with E-state index in [4.69, 9.17) is 4.74 Å². The van der Waals surface area contributed by atoms with Crippen LogP contribution in [0.1, 0.15) is 41.5 Å². The van der Waals surface area contributed by atoms with Crippen molar-refractivity contribution in [1.82, 2.24) is 0 Å². The topological polar surface area (TPSA) is 46.5 Å². The van der Waals surface area contributed by atoms with E-state index in [-0.39, 0.29) is 11.9 Å². The van der Waals surface area contributed by atoms with Gasteiger partial charge in [-0.3, -0.25) is 4.79 Å². The first-order valence-corrected chi connectivity index (χ1v) is 7.71. The van der Waals surface area contributed by atoms with Gasteiger partial charge in [0, 0.05) is 0 Å². The fraction of sp³-hybridized carbons (Fsp3) is 0.316. The first-order chi connectivity index (χ1) is 10.7. The Morgan fingerprint density at radius 3 is 2.82 bits per heavy atom. The fourth-order valence-corrected chi connectivity index (χ4v) is 3.25. The van der Waals surface area contributed by atoms with Crippen LogP contribution in [0.25, 0.3) is 0 Å². The van der Waals surface area contributed by atoms with E-state index in [0.29, 0.717) is 18.8 Å². The second-order valence-corrected chi connectivity index (χ2v) is 5.74. The summed E-state index contributed by atoms with van der Waals surface area (Å²) in [5.41, 5.74) is 4.77. The number of fused-ring (bicyclic) bond motifs is 2. The van der Waals surface area contributed by atoms with Gasteiger partial charge in [0.2, 0.25) is 0 Å². The van der Waals surface area contributed by atoms with Crippen molar-refractivity contribution in [2.45, 2.75) is 32.1 Å². The third-order valence-electron chi connectivity index (χ3n) is 4.25. The Kier molecular flexibility index (Phi) is 4.14. The van der Waals surface area contributed by atoms with E-state index in [1.165, 1.54) is 16.7 Å². The molecule has 3 nitrogen and oxygen atoms in total. The molecule has 0 spiro atoms. The quantitative estimate of drug-likeness (QED) is 0.881. The smallest absolute Gasteiger partial charge is 0.306 e. The van der Waals surface area contributed by atoms with Crippen molar-refractivity contribution in [2.24, 2.45) is 0 Å². The Morgan fingerprint density at radius 1 is 1.18 bits per heavy atom. The maximum absolute atomic E-state index is 11.9. The van der Waals surface area contributed by atoms with Gasteiger partial charge in [-0.25, -0.2) is 0 Å². The van der Waals surface area contributed by atoms with Crippen LogP contribution in [0.2, 0.25) is 0 Å². The van der Waals surface area contributed by atoms with Crippen LogP contribution in [0.15, 0.2) is 42.5 Å². The number of carbonyl (C=O) groups is 1. The summed E-state index contributed by atoms with van der Waals surface area (Å²) in [4.78, 5) is 11.9. The third-order valence-corrected chi connectivity index (χ3v) is 4.25. The van der Waals surface area contributed by atoms with Gasteiger partial charge in [0.05, 0.1) is 13.0 Å². The maximum atomic E-state index is 11.9. The normalized spacial score (nSPS) is 16.3. The van der Waals surface area contributed by atoms with Gasteiger partial charge in [0.15, 0.2) is 0 Å². The first kappa shape index (κ1) is 14.6. The summed E-state index contributed by atoms with van der Waals surface area (Å²) in [5, 5.41) is 9.74. The molecule has 0 fully saturated rings. The lowest BCUT2D eigenvalue weighted by molar-refractivity contribution is -0.143. The van der Waals surface area contributed by atoms with E-state index in [1.807, 2.05) is 31.2 Å². The SMILES string of the molecule is CCOC(=O)C[C@@H]1Cc2ccc(O)cc2Cc2ccccc21. The summed E-state index contributed by atoms with van der Waals surface area (Å²) in [6.07, 6.45) is 1.98. The van der Waals surface area contributed by atoms with Crippen molar-refractivity contribution in [2.75, 3.05) is 6.61 Å². The molecule has 114 valence electrons. The molecule has 2 aromatic rings. The average Bonchev–Trinajstić information content (AvgIpc) is 2.64. The molecular weight excluding hydrogens is 276 g/mol. The van der Waals surface area contributed by atoms with Crippen LogP contribution < -0.4 is 0 Å². The van der Waals surface area contributed by atoms with Crippen molar-refractivity contribution in [3.8, 4) is 5.75 Å². The maximum Gasteiger partial charge on any atom is 0.306 e. The summed E-state index contributed by atoms with van der Waals surface area (Å²) in [7, 11) is 0. The standard InChI is InChI=1S/C19H20O3/c1-2-22-19(21)12-16-9-13-7-8-17(20)11-15(13)10-14-5-3-4-6-18(14)16/h3-8,11,16,20H,2,9-10,12H2,1H3/t16-/m0/s1. The molecule has 22 heavy (non-hydrogen) atoms. The molecule has 2 aromatic carbocycles. The fourth-order valence-electron chi connectivity index (χ4n) is 3.25. The largest absolute Gasteiger partial charge is 0.508 e. The molecule has 0 aromatic heterocycles. The van der Waals surface area contributed by atoms with Gasteiger partial charge < -0.3 is 9.84 Å². The van der Waals surface area contributed by atoms with Crippen molar-refractivity contribution in [3.05, 3.63) is 64.7 Å². The number of esters is 1. The van der Waals surface area contributed by atoms with E-state index in [2.05, 4.69) is 12.1 Å². The number of hydrogen-bond donors (Lipinski definition) is 1. The minimum Gasteiger partial charge on any atom is -0.508 e. The second kappa shape index (κ2) is 6.22. The summed E-state index contributed by atoms with van der Waals surface area (Å²) in [5.74, 6) is 0.269. The monoisotopic (exact) mass is 296 g/mol. The van der Waals surface area contributed by atoms with Crippen LogP contribution in [0.4, 0.5) is 0 Å². The minimum absolute atomic E-state index is 0.126. The predicted octanol–water partition coefficient (Wildman–Crippen LogP) is 3.58. The van der Waals surface area contributed by atoms with E-state index in [0.717, 1.165) is 18.4 Å². The summed E-state index contributed by atoms with van der Waals surface area (Å²) in [6.45, 7) is 2.24. The molecule has 0 radical (unpaired) electrons. The number of benzene rings is 2. The van der Waals surface area contributed by atoms with Gasteiger partial charge in [-0.05, 0) is 60.1 Å². The lowest BCUT2D eigenvalue weighted by Crippen LogP contribution is -2.12. The first-order valence-electron chi connectivity index (χ1n) is 7.71. The number of aromatic hydroxyl groups is 1. The van der Waals surface area contributed by atoms with E-state index >= 15 is 0 Å². The Balaban J connectivity index is 1.99. The van der Waals surface area contributed by atoms with Gasteiger partial charge in [0.1, 0.15) is 5.75 Å². The van der Waals surface area contributed by atoms with E-state index in [9.17, 15) is 9.90 Å². The van der Waals surface area contributed by atoms with Gasteiger partial charge in [0.25, 0.3) is 0 Å². The number of rotatable bonds is 3. The third kappa shape index (κ3) is 2.98. The molecule has 0 amide bonds. The molecule has 1 aliphatic carbocycles. The zero-order valence-corrected chi connectivity index (χ0v) is 12.7. The second-order valence-electron chi connectivity index (χ2n) is 5.74. The number of phenolic OH excluding ortho intramolecular Hbond substituents is 1. The summed E-state index contributed by atoms with van der Waals surface area (Å²) < 4.78 is 5.13. The number of hydrogen-bond acceptors (Lipinski definition) is 3.